The quantitative estimate of drug-likeness (QED) is 0.456. The topological polar surface area (TPSA) is 79.6 Å². The van der Waals surface area contributed by atoms with E-state index in [9.17, 15) is 5.11 Å². The van der Waals surface area contributed by atoms with Gasteiger partial charge in [0.1, 0.15) is 22.1 Å². The highest BCUT2D eigenvalue weighted by Gasteiger charge is 2.40. The summed E-state index contributed by atoms with van der Waals surface area (Å²) in [5, 5.41) is 15.5. The summed E-state index contributed by atoms with van der Waals surface area (Å²) in [5.41, 5.74) is 4.81. The maximum atomic E-state index is 11.4. The third kappa shape index (κ3) is 2.49. The van der Waals surface area contributed by atoms with Gasteiger partial charge in [0.2, 0.25) is 0 Å². The number of thiazole rings is 1. The molecule has 0 unspecified atom stereocenters. The number of nitrogens with one attached hydrogen (secondary N) is 1. The lowest BCUT2D eigenvalue weighted by Crippen LogP contribution is -2.25. The molecule has 30 heavy (non-hydrogen) atoms. The van der Waals surface area contributed by atoms with E-state index in [2.05, 4.69) is 27.3 Å². The molecule has 0 bridgehead atoms. The highest BCUT2D eigenvalue weighted by atomic mass is 32.1. The molecule has 0 saturated heterocycles. The molecular formula is C23H19N5OS. The zero-order chi connectivity index (χ0) is 20.3. The highest BCUT2D eigenvalue weighted by molar-refractivity contribution is 7.13. The molecule has 0 radical (unpaired) electrons. The number of aliphatic hydroxyl groups is 1. The van der Waals surface area contributed by atoms with Crippen molar-refractivity contribution in [3.05, 3.63) is 77.5 Å². The Morgan fingerprint density at radius 2 is 2.13 bits per heavy atom. The van der Waals surface area contributed by atoms with E-state index < -0.39 is 5.60 Å². The molecule has 5 aromatic rings. The van der Waals surface area contributed by atoms with Crippen molar-refractivity contribution in [1.29, 1.82) is 0 Å². The SMILES string of the molecule is Cc1ccnc2[nH]cc(-c3nc(-c4cccc([C@]5(O)CCn6ccnc65)c4)cs3)c12. The number of nitrogens with zero attached hydrogens (tertiary/aromatic N) is 4. The van der Waals surface area contributed by atoms with Gasteiger partial charge in [0.05, 0.1) is 5.69 Å². The minimum Gasteiger partial charge on any atom is -0.377 e. The Morgan fingerprint density at radius 3 is 3.07 bits per heavy atom. The van der Waals surface area contributed by atoms with Gasteiger partial charge in [0.25, 0.3) is 0 Å². The van der Waals surface area contributed by atoms with Gasteiger partial charge in [-0.3, -0.25) is 0 Å². The van der Waals surface area contributed by atoms with Crippen LogP contribution in [0.15, 0.2) is 60.5 Å². The molecule has 1 aliphatic heterocycles. The first-order chi connectivity index (χ1) is 14.6. The molecule has 1 atom stereocenters. The fourth-order valence-electron chi connectivity index (χ4n) is 4.38. The second-order valence-corrected chi connectivity index (χ2v) is 8.59. The van der Waals surface area contributed by atoms with Crippen LogP contribution in [0.4, 0.5) is 0 Å². The number of imidazole rings is 1. The van der Waals surface area contributed by atoms with Gasteiger partial charge in [-0.2, -0.15) is 0 Å². The lowest BCUT2D eigenvalue weighted by molar-refractivity contribution is 0.0786. The Labute approximate surface area is 176 Å². The molecule has 4 aromatic heterocycles. The number of hydrogen-bond acceptors (Lipinski definition) is 5. The van der Waals surface area contributed by atoms with Gasteiger partial charge >= 0.3 is 0 Å². The molecule has 148 valence electrons. The zero-order valence-corrected chi connectivity index (χ0v) is 17.1. The number of aryl methyl sites for hydroxylation is 2. The van der Waals surface area contributed by atoms with E-state index in [0.717, 1.165) is 45.0 Å². The molecule has 1 aromatic carbocycles. The number of pyridine rings is 1. The minimum atomic E-state index is -1.06. The second kappa shape index (κ2) is 6.35. The minimum absolute atomic E-state index is 0.629. The van der Waals surface area contributed by atoms with Crippen molar-refractivity contribution in [2.45, 2.75) is 25.5 Å². The van der Waals surface area contributed by atoms with Crippen LogP contribution in [-0.4, -0.2) is 29.6 Å². The van der Waals surface area contributed by atoms with E-state index in [4.69, 9.17) is 4.98 Å². The molecule has 2 N–H and O–H groups in total. The van der Waals surface area contributed by atoms with Gasteiger partial charge in [-0.25, -0.2) is 15.0 Å². The fraction of sp³-hybridized carbons (Fsp3) is 0.174. The maximum absolute atomic E-state index is 11.4. The molecular weight excluding hydrogens is 394 g/mol. The number of H-pyrrole nitrogens is 1. The van der Waals surface area contributed by atoms with Crippen LogP contribution in [0.25, 0.3) is 32.9 Å². The number of benzene rings is 1. The lowest BCUT2D eigenvalue weighted by atomic mass is 9.90. The van der Waals surface area contributed by atoms with Gasteiger partial charge in [-0.05, 0) is 30.2 Å². The Hall–Kier alpha value is -3.29. The van der Waals surface area contributed by atoms with Crippen LogP contribution in [0.2, 0.25) is 0 Å². The lowest BCUT2D eigenvalue weighted by Gasteiger charge is -2.22. The molecule has 1 aliphatic rings. The normalized spacial score (nSPS) is 18.2. The molecule has 0 fully saturated rings. The van der Waals surface area contributed by atoms with Crippen LogP contribution in [0.1, 0.15) is 23.4 Å². The fourth-order valence-corrected chi connectivity index (χ4v) is 5.23. The van der Waals surface area contributed by atoms with E-state index in [0.29, 0.717) is 12.2 Å². The van der Waals surface area contributed by atoms with E-state index >= 15 is 0 Å². The van der Waals surface area contributed by atoms with Crippen LogP contribution in [0, 0.1) is 6.92 Å². The van der Waals surface area contributed by atoms with E-state index in [1.165, 1.54) is 5.56 Å². The van der Waals surface area contributed by atoms with Crippen LogP contribution in [0.3, 0.4) is 0 Å². The number of fused-ring (bicyclic) bond motifs is 2. The second-order valence-electron chi connectivity index (χ2n) is 7.73. The van der Waals surface area contributed by atoms with Crippen molar-refractivity contribution in [2.75, 3.05) is 0 Å². The molecule has 7 heteroatoms. The first kappa shape index (κ1) is 17.6. The third-order valence-electron chi connectivity index (χ3n) is 5.95. The van der Waals surface area contributed by atoms with Gasteiger partial charge in [0, 0.05) is 59.6 Å². The molecule has 0 amide bonds. The van der Waals surface area contributed by atoms with Crippen LogP contribution in [0.5, 0.6) is 0 Å². The molecule has 5 heterocycles. The molecule has 6 rings (SSSR count). The molecule has 6 nitrogen and oxygen atoms in total. The summed E-state index contributed by atoms with van der Waals surface area (Å²) < 4.78 is 2.01. The maximum Gasteiger partial charge on any atom is 0.149 e. The van der Waals surface area contributed by atoms with Gasteiger partial charge in [-0.15, -0.1) is 11.3 Å². The average Bonchev–Trinajstić information content (AvgIpc) is 3.54. The van der Waals surface area contributed by atoms with E-state index in [-0.39, 0.29) is 0 Å². The Kier molecular flexibility index (Phi) is 3.72. The summed E-state index contributed by atoms with van der Waals surface area (Å²) in [6.07, 6.45) is 8.08. The van der Waals surface area contributed by atoms with Gasteiger partial charge < -0.3 is 14.7 Å². The summed E-state index contributed by atoms with van der Waals surface area (Å²) >= 11 is 1.61. The van der Waals surface area contributed by atoms with Crippen molar-refractivity contribution in [3.8, 4) is 21.8 Å². The number of hydrogen-bond donors (Lipinski definition) is 2. The Morgan fingerprint density at radius 1 is 1.20 bits per heavy atom. The first-order valence-electron chi connectivity index (χ1n) is 9.87. The summed E-state index contributed by atoms with van der Waals surface area (Å²) in [6.45, 7) is 2.86. The molecule has 0 saturated carbocycles. The number of aromatic amines is 1. The zero-order valence-electron chi connectivity index (χ0n) is 16.3. The number of aromatic nitrogens is 5. The highest BCUT2D eigenvalue weighted by Crippen LogP contribution is 2.39. The summed E-state index contributed by atoms with van der Waals surface area (Å²) in [4.78, 5) is 17.0. The largest absolute Gasteiger partial charge is 0.377 e. The smallest absolute Gasteiger partial charge is 0.149 e. The van der Waals surface area contributed by atoms with Gasteiger partial charge in [-0.1, -0.05) is 18.2 Å². The number of rotatable bonds is 3. The van der Waals surface area contributed by atoms with Gasteiger partial charge in [0.15, 0.2) is 0 Å². The van der Waals surface area contributed by atoms with Crippen molar-refractivity contribution < 1.29 is 5.11 Å². The summed E-state index contributed by atoms with van der Waals surface area (Å²) in [7, 11) is 0. The van der Waals surface area contributed by atoms with Crippen molar-refractivity contribution in [2.24, 2.45) is 0 Å². The standard InChI is InChI=1S/C23H19N5OS/c1-14-5-7-24-20-19(14)17(12-26-20)21-27-18(13-30-21)15-3-2-4-16(11-15)23(29)6-9-28-10-8-25-22(23)28/h2-5,7-8,10-13,29H,6,9H2,1H3,(H,24,26)/t23-/m1/s1. The monoisotopic (exact) mass is 413 g/mol. The molecule has 0 aliphatic carbocycles. The van der Waals surface area contributed by atoms with E-state index in [1.54, 1.807) is 17.5 Å². The summed E-state index contributed by atoms with van der Waals surface area (Å²) in [5.74, 6) is 0.709. The predicted molar refractivity (Wildman–Crippen MR) is 117 cm³/mol. The average molecular weight is 414 g/mol. The molecule has 0 spiro atoms. The van der Waals surface area contributed by atoms with Crippen molar-refractivity contribution >= 4 is 22.4 Å². The predicted octanol–water partition coefficient (Wildman–Crippen LogP) is 4.50. The van der Waals surface area contributed by atoms with E-state index in [1.807, 2.05) is 53.5 Å². The van der Waals surface area contributed by atoms with Crippen LogP contribution >= 0.6 is 11.3 Å². The van der Waals surface area contributed by atoms with Crippen molar-refractivity contribution in [3.63, 3.8) is 0 Å². The van der Waals surface area contributed by atoms with Crippen molar-refractivity contribution in [1.82, 2.24) is 24.5 Å². The summed E-state index contributed by atoms with van der Waals surface area (Å²) in [6, 6.07) is 10.0. The first-order valence-corrected chi connectivity index (χ1v) is 10.7. The Bertz CT molecular complexity index is 1400. The Balaban J connectivity index is 1.41. The van der Waals surface area contributed by atoms with Crippen LogP contribution in [-0.2, 0) is 12.1 Å². The third-order valence-corrected chi connectivity index (χ3v) is 6.83. The van der Waals surface area contributed by atoms with Crippen LogP contribution < -0.4 is 0 Å².